The quantitative estimate of drug-likeness (QED) is 0.635. The molecule has 0 fully saturated rings. The van der Waals surface area contributed by atoms with Crippen molar-refractivity contribution in [2.24, 2.45) is 0 Å². The monoisotopic (exact) mass is 404 g/mol. The number of halogens is 1. The first kappa shape index (κ1) is 16.9. The number of methoxy groups -OCH3 is 1. The Kier molecular flexibility index (Phi) is 4.87. The maximum atomic E-state index is 12.8. The number of hydrogen-bond donors (Lipinski definition) is 0. The van der Waals surface area contributed by atoms with Gasteiger partial charge in [-0.2, -0.15) is 0 Å². The van der Waals surface area contributed by atoms with Crippen molar-refractivity contribution in [2.45, 2.75) is 13.5 Å². The molecule has 0 aliphatic heterocycles. The van der Waals surface area contributed by atoms with Gasteiger partial charge in [0.1, 0.15) is 5.75 Å². The lowest BCUT2D eigenvalue weighted by atomic mass is 10.1. The molecule has 0 saturated heterocycles. The molecule has 24 heavy (non-hydrogen) atoms. The summed E-state index contributed by atoms with van der Waals surface area (Å²) in [6, 6.07) is 9.62. The summed E-state index contributed by atoms with van der Waals surface area (Å²) >= 11 is 5.07. The van der Waals surface area contributed by atoms with Gasteiger partial charge in [-0.15, -0.1) is 11.3 Å². The fourth-order valence-corrected chi connectivity index (χ4v) is 4.04. The van der Waals surface area contributed by atoms with E-state index in [-0.39, 0.29) is 5.91 Å². The Morgan fingerprint density at radius 1 is 1.33 bits per heavy atom. The molecule has 0 saturated carbocycles. The Balaban J connectivity index is 1.89. The van der Waals surface area contributed by atoms with Gasteiger partial charge in [-0.3, -0.25) is 9.78 Å². The number of benzene rings is 1. The van der Waals surface area contributed by atoms with Gasteiger partial charge >= 0.3 is 0 Å². The van der Waals surface area contributed by atoms with Crippen LogP contribution in [0.2, 0.25) is 0 Å². The molecule has 0 unspecified atom stereocenters. The lowest BCUT2D eigenvalue weighted by molar-refractivity contribution is 0.0785. The standard InChI is InChI=1S/C18H17BrN2O2S/c1-11-16(6-12-4-5-14(23-3)8-17(12)20-11)18(22)21(2)9-15-7-13(19)10-24-15/h4-8,10H,9H2,1-3H3. The molecule has 0 spiro atoms. The second kappa shape index (κ2) is 6.91. The van der Waals surface area contributed by atoms with Crippen LogP contribution >= 0.6 is 27.3 Å². The summed E-state index contributed by atoms with van der Waals surface area (Å²) in [4.78, 5) is 20.2. The normalized spacial score (nSPS) is 10.8. The number of hydrogen-bond acceptors (Lipinski definition) is 4. The first-order chi connectivity index (χ1) is 11.5. The molecule has 0 radical (unpaired) electrons. The van der Waals surface area contributed by atoms with Gasteiger partial charge in [0, 0.05) is 33.2 Å². The van der Waals surface area contributed by atoms with E-state index < -0.39 is 0 Å². The number of carbonyl (C=O) groups is 1. The zero-order chi connectivity index (χ0) is 17.3. The Morgan fingerprint density at radius 2 is 2.12 bits per heavy atom. The molecule has 2 heterocycles. The van der Waals surface area contributed by atoms with E-state index in [4.69, 9.17) is 4.74 Å². The van der Waals surface area contributed by atoms with Crippen LogP contribution in [0, 0.1) is 6.92 Å². The molecule has 0 aliphatic carbocycles. The van der Waals surface area contributed by atoms with Crippen molar-refractivity contribution in [2.75, 3.05) is 14.2 Å². The molecule has 1 amide bonds. The smallest absolute Gasteiger partial charge is 0.255 e. The van der Waals surface area contributed by atoms with Crippen molar-refractivity contribution >= 4 is 44.1 Å². The molecule has 0 atom stereocenters. The largest absolute Gasteiger partial charge is 0.497 e. The van der Waals surface area contributed by atoms with Crippen LogP contribution in [0.3, 0.4) is 0 Å². The molecule has 4 nitrogen and oxygen atoms in total. The number of ether oxygens (including phenoxy) is 1. The molecule has 3 rings (SSSR count). The van der Waals surface area contributed by atoms with Crippen molar-refractivity contribution in [3.63, 3.8) is 0 Å². The number of rotatable bonds is 4. The lowest BCUT2D eigenvalue weighted by Gasteiger charge is -2.18. The lowest BCUT2D eigenvalue weighted by Crippen LogP contribution is -2.26. The van der Waals surface area contributed by atoms with E-state index in [0.717, 1.165) is 31.7 Å². The van der Waals surface area contributed by atoms with Gasteiger partial charge < -0.3 is 9.64 Å². The Labute approximate surface area is 153 Å². The number of aryl methyl sites for hydroxylation is 1. The third kappa shape index (κ3) is 3.44. The minimum atomic E-state index is -0.0257. The van der Waals surface area contributed by atoms with Gasteiger partial charge in [0.2, 0.25) is 0 Å². The Hall–Kier alpha value is -1.92. The van der Waals surface area contributed by atoms with Crippen LogP contribution in [0.15, 0.2) is 40.2 Å². The van der Waals surface area contributed by atoms with Crippen LogP contribution in [-0.2, 0) is 6.54 Å². The van der Waals surface area contributed by atoms with Crippen LogP contribution in [0.1, 0.15) is 20.9 Å². The fourth-order valence-electron chi connectivity index (χ4n) is 2.53. The van der Waals surface area contributed by atoms with Crippen molar-refractivity contribution in [3.05, 3.63) is 56.3 Å². The van der Waals surface area contributed by atoms with Crippen molar-refractivity contribution in [1.29, 1.82) is 0 Å². The molecule has 1 aromatic carbocycles. The van der Waals surface area contributed by atoms with Crippen molar-refractivity contribution in [1.82, 2.24) is 9.88 Å². The maximum Gasteiger partial charge on any atom is 0.255 e. The summed E-state index contributed by atoms with van der Waals surface area (Å²) in [5, 5.41) is 2.95. The van der Waals surface area contributed by atoms with Crippen LogP contribution in [0.25, 0.3) is 10.9 Å². The van der Waals surface area contributed by atoms with Gasteiger partial charge in [0.25, 0.3) is 5.91 Å². The zero-order valence-electron chi connectivity index (χ0n) is 13.7. The van der Waals surface area contributed by atoms with E-state index >= 15 is 0 Å². The van der Waals surface area contributed by atoms with E-state index in [0.29, 0.717) is 12.1 Å². The van der Waals surface area contributed by atoms with Crippen LogP contribution < -0.4 is 4.74 Å². The van der Waals surface area contributed by atoms with E-state index in [9.17, 15) is 4.79 Å². The van der Waals surface area contributed by atoms with Crippen LogP contribution in [-0.4, -0.2) is 29.9 Å². The molecule has 0 bridgehead atoms. The third-order valence-electron chi connectivity index (χ3n) is 3.81. The van der Waals surface area contributed by atoms with E-state index in [2.05, 4.69) is 20.9 Å². The first-order valence-electron chi connectivity index (χ1n) is 7.41. The Bertz CT molecular complexity index is 907. The number of aromatic nitrogens is 1. The second-order valence-corrected chi connectivity index (χ2v) is 7.48. The molecule has 0 aliphatic rings. The molecule has 0 N–H and O–H groups in total. The molecule has 2 aromatic heterocycles. The minimum absolute atomic E-state index is 0.0257. The summed E-state index contributed by atoms with van der Waals surface area (Å²) < 4.78 is 6.27. The van der Waals surface area contributed by atoms with Gasteiger partial charge in [-0.25, -0.2) is 0 Å². The number of thiophene rings is 1. The summed E-state index contributed by atoms with van der Waals surface area (Å²) in [7, 11) is 3.44. The highest BCUT2D eigenvalue weighted by atomic mass is 79.9. The van der Waals surface area contributed by atoms with Gasteiger partial charge in [-0.1, -0.05) is 0 Å². The van der Waals surface area contributed by atoms with E-state index in [1.165, 1.54) is 0 Å². The number of pyridine rings is 1. The zero-order valence-corrected chi connectivity index (χ0v) is 16.1. The minimum Gasteiger partial charge on any atom is -0.497 e. The van der Waals surface area contributed by atoms with Crippen molar-refractivity contribution in [3.8, 4) is 5.75 Å². The summed E-state index contributed by atoms with van der Waals surface area (Å²) in [5.41, 5.74) is 2.18. The van der Waals surface area contributed by atoms with Gasteiger partial charge in [-0.05, 0) is 47.1 Å². The highest BCUT2D eigenvalue weighted by Gasteiger charge is 2.17. The van der Waals surface area contributed by atoms with Gasteiger partial charge in [0.15, 0.2) is 0 Å². The average molecular weight is 405 g/mol. The molecule has 3 aromatic rings. The van der Waals surface area contributed by atoms with E-state index in [1.807, 2.05) is 49.7 Å². The highest BCUT2D eigenvalue weighted by Crippen LogP contribution is 2.24. The second-order valence-electron chi connectivity index (χ2n) is 5.57. The number of carbonyl (C=O) groups excluding carboxylic acids is 1. The molecule has 6 heteroatoms. The number of fused-ring (bicyclic) bond motifs is 1. The maximum absolute atomic E-state index is 12.8. The number of amides is 1. The summed E-state index contributed by atoms with van der Waals surface area (Å²) in [6.07, 6.45) is 0. The van der Waals surface area contributed by atoms with Gasteiger partial charge in [0.05, 0.1) is 30.4 Å². The average Bonchev–Trinajstić information content (AvgIpc) is 2.97. The SMILES string of the molecule is COc1ccc2cc(C(=O)N(C)Cc3cc(Br)cs3)c(C)nc2c1. The fraction of sp³-hybridized carbons (Fsp3) is 0.222. The summed E-state index contributed by atoms with van der Waals surface area (Å²) in [5.74, 6) is 0.733. The third-order valence-corrected chi connectivity index (χ3v) is 5.49. The predicted molar refractivity (Wildman–Crippen MR) is 101 cm³/mol. The van der Waals surface area contributed by atoms with Crippen LogP contribution in [0.4, 0.5) is 0 Å². The highest BCUT2D eigenvalue weighted by molar-refractivity contribution is 9.10. The first-order valence-corrected chi connectivity index (χ1v) is 9.09. The van der Waals surface area contributed by atoms with E-state index in [1.54, 1.807) is 23.3 Å². The van der Waals surface area contributed by atoms with Crippen molar-refractivity contribution < 1.29 is 9.53 Å². The summed E-state index contributed by atoms with van der Waals surface area (Å²) in [6.45, 7) is 2.44. The topological polar surface area (TPSA) is 42.4 Å². The number of nitrogens with zero attached hydrogens (tertiary/aromatic N) is 2. The van der Waals surface area contributed by atoms with Crippen LogP contribution in [0.5, 0.6) is 5.75 Å². The Morgan fingerprint density at radius 3 is 2.79 bits per heavy atom. The molecule has 124 valence electrons. The predicted octanol–water partition coefficient (Wildman–Crippen LogP) is 4.65. The molecular formula is C18H17BrN2O2S. The molecular weight excluding hydrogens is 388 g/mol.